The molecule has 28 heavy (non-hydrogen) atoms. The van der Waals surface area contributed by atoms with E-state index < -0.39 is 11.4 Å². The van der Waals surface area contributed by atoms with Gasteiger partial charge >= 0.3 is 0 Å². The highest BCUT2D eigenvalue weighted by Gasteiger charge is 2.40. The monoisotopic (exact) mass is 385 g/mol. The van der Waals surface area contributed by atoms with Gasteiger partial charge in [0.05, 0.1) is 12.7 Å². The van der Waals surface area contributed by atoms with Gasteiger partial charge in [0.1, 0.15) is 0 Å². The van der Waals surface area contributed by atoms with Gasteiger partial charge in [0.25, 0.3) is 0 Å². The molecule has 0 aliphatic carbocycles. The molecule has 0 spiro atoms. The molecule has 1 aliphatic heterocycles. The van der Waals surface area contributed by atoms with E-state index in [0.29, 0.717) is 12.0 Å². The predicted octanol–water partition coefficient (Wildman–Crippen LogP) is 5.09. The van der Waals surface area contributed by atoms with Crippen LogP contribution in [0.4, 0.5) is 4.39 Å². The number of hydrogen-bond acceptors (Lipinski definition) is 3. The van der Waals surface area contributed by atoms with Crippen molar-refractivity contribution in [1.29, 1.82) is 0 Å². The lowest BCUT2D eigenvalue weighted by Crippen LogP contribution is -2.42. The normalized spacial score (nSPS) is 18.4. The quantitative estimate of drug-likeness (QED) is 0.687. The molecule has 2 atom stereocenters. The molecular weight excluding hydrogens is 353 g/mol. The fourth-order valence-electron chi connectivity index (χ4n) is 4.45. The lowest BCUT2D eigenvalue weighted by molar-refractivity contribution is -0.0155. The Balaban J connectivity index is 2.02. The number of piperidine rings is 1. The first-order chi connectivity index (χ1) is 13.6. The first kappa shape index (κ1) is 20.8. The molecule has 0 saturated carbocycles. The van der Waals surface area contributed by atoms with E-state index >= 15 is 0 Å². The maximum atomic E-state index is 14.5. The summed E-state index contributed by atoms with van der Waals surface area (Å²) in [5.74, 6) is -0.353. The summed E-state index contributed by atoms with van der Waals surface area (Å²) < 4.78 is 19.6. The average Bonchev–Trinajstić information content (AvgIpc) is 2.73. The second kappa shape index (κ2) is 9.53. The summed E-state index contributed by atoms with van der Waals surface area (Å²) in [5.41, 5.74) is 0.583. The summed E-state index contributed by atoms with van der Waals surface area (Å²) in [7, 11) is 1.46. The van der Waals surface area contributed by atoms with Crippen LogP contribution >= 0.6 is 0 Å². The molecule has 152 valence electrons. The Kier molecular flexibility index (Phi) is 7.08. The van der Waals surface area contributed by atoms with Crippen LogP contribution in [0.25, 0.3) is 0 Å². The highest BCUT2D eigenvalue weighted by molar-refractivity contribution is 5.36. The number of methoxy groups -OCH3 is 1. The number of nitrogens with zero attached hydrogens (tertiary/aromatic N) is 1. The molecule has 4 heteroatoms. The summed E-state index contributed by atoms with van der Waals surface area (Å²) in [4.78, 5) is 2.45. The van der Waals surface area contributed by atoms with Gasteiger partial charge in [-0.15, -0.1) is 0 Å². The van der Waals surface area contributed by atoms with Crippen LogP contribution in [0.2, 0.25) is 0 Å². The summed E-state index contributed by atoms with van der Waals surface area (Å²) in [5, 5.41) is 12.0. The minimum absolute atomic E-state index is 0.125. The van der Waals surface area contributed by atoms with Crippen LogP contribution in [0.5, 0.6) is 5.75 Å². The lowest BCUT2D eigenvalue weighted by atomic mass is 9.74. The fraction of sp³-hybridized carbons (Fsp3) is 0.500. The largest absolute Gasteiger partial charge is 0.494 e. The minimum atomic E-state index is -1.14. The van der Waals surface area contributed by atoms with Gasteiger partial charge in [-0.25, -0.2) is 4.39 Å². The smallest absolute Gasteiger partial charge is 0.165 e. The Bertz CT molecular complexity index is 746. The number of rotatable bonds is 8. The summed E-state index contributed by atoms with van der Waals surface area (Å²) in [6.45, 7) is 4.95. The third-order valence-electron chi connectivity index (χ3n) is 5.95. The number of hydrogen-bond donors (Lipinski definition) is 1. The number of benzene rings is 2. The molecule has 3 nitrogen and oxygen atoms in total. The average molecular weight is 386 g/mol. The van der Waals surface area contributed by atoms with Crippen LogP contribution in [0.15, 0.2) is 48.5 Å². The third-order valence-corrected chi connectivity index (χ3v) is 5.95. The number of likely N-dealkylation sites (tertiary alicyclic amines) is 1. The van der Waals surface area contributed by atoms with Crippen molar-refractivity contribution in [2.24, 2.45) is 0 Å². The third kappa shape index (κ3) is 4.56. The summed E-state index contributed by atoms with van der Waals surface area (Å²) >= 11 is 0. The zero-order valence-electron chi connectivity index (χ0n) is 17.0. The zero-order chi connectivity index (χ0) is 20.0. The second-order valence-corrected chi connectivity index (χ2v) is 7.85. The molecule has 0 bridgehead atoms. The molecule has 2 aromatic rings. The van der Waals surface area contributed by atoms with E-state index in [4.69, 9.17) is 4.74 Å². The molecule has 3 rings (SSSR count). The van der Waals surface area contributed by atoms with Gasteiger partial charge in [-0.1, -0.05) is 56.2 Å². The molecule has 1 N–H and O–H groups in total. The number of halogens is 1. The second-order valence-electron chi connectivity index (χ2n) is 7.85. The summed E-state index contributed by atoms with van der Waals surface area (Å²) in [6, 6.07) is 15.1. The molecule has 0 radical (unpaired) electrons. The van der Waals surface area contributed by atoms with E-state index in [1.807, 2.05) is 24.3 Å². The van der Waals surface area contributed by atoms with Crippen molar-refractivity contribution in [3.63, 3.8) is 0 Å². The lowest BCUT2D eigenvalue weighted by Gasteiger charge is -2.41. The van der Waals surface area contributed by atoms with E-state index in [1.165, 1.54) is 32.4 Å². The highest BCUT2D eigenvalue weighted by atomic mass is 19.1. The molecule has 2 unspecified atom stereocenters. The van der Waals surface area contributed by atoms with Gasteiger partial charge in [0, 0.05) is 12.5 Å². The topological polar surface area (TPSA) is 32.7 Å². The van der Waals surface area contributed by atoms with Crippen molar-refractivity contribution in [1.82, 2.24) is 4.90 Å². The molecule has 0 aromatic heterocycles. The Morgan fingerprint density at radius 1 is 1.11 bits per heavy atom. The SMILES string of the molecule is CCCC(O)(c1ccc(OC)c(F)c1)C(CN1CCCCC1)c1ccccc1. The fourth-order valence-corrected chi connectivity index (χ4v) is 4.45. The van der Waals surface area contributed by atoms with Crippen LogP contribution in [-0.2, 0) is 5.60 Å². The molecular formula is C24H32FNO2. The van der Waals surface area contributed by atoms with Gasteiger partial charge in [0.15, 0.2) is 11.6 Å². The van der Waals surface area contributed by atoms with Crippen molar-refractivity contribution in [3.05, 3.63) is 65.5 Å². The Morgan fingerprint density at radius 3 is 2.43 bits per heavy atom. The summed E-state index contributed by atoms with van der Waals surface area (Å²) in [6.07, 6.45) is 5.06. The van der Waals surface area contributed by atoms with Gasteiger partial charge < -0.3 is 14.7 Å². The van der Waals surface area contributed by atoms with E-state index in [2.05, 4.69) is 24.0 Å². The Labute approximate surface area is 168 Å². The van der Waals surface area contributed by atoms with Gasteiger partial charge in [-0.3, -0.25) is 0 Å². The number of ether oxygens (including phenoxy) is 1. The minimum Gasteiger partial charge on any atom is -0.494 e. The van der Waals surface area contributed by atoms with E-state index in [1.54, 1.807) is 6.07 Å². The van der Waals surface area contributed by atoms with E-state index in [-0.39, 0.29) is 11.7 Å². The number of aliphatic hydroxyl groups is 1. The van der Waals surface area contributed by atoms with Crippen LogP contribution in [0.1, 0.15) is 56.1 Å². The van der Waals surface area contributed by atoms with Crippen LogP contribution in [-0.4, -0.2) is 36.8 Å². The van der Waals surface area contributed by atoms with Crippen molar-refractivity contribution in [2.45, 2.75) is 50.5 Å². The molecule has 0 amide bonds. The van der Waals surface area contributed by atoms with Gasteiger partial charge in [-0.05, 0) is 55.6 Å². The maximum Gasteiger partial charge on any atom is 0.165 e. The van der Waals surface area contributed by atoms with Gasteiger partial charge in [0.2, 0.25) is 0 Å². The standard InChI is InChI=1S/C24H32FNO2/c1-3-14-24(27,20-12-13-23(28-2)22(25)17-20)21(19-10-6-4-7-11-19)18-26-15-8-5-9-16-26/h4,6-7,10-13,17,21,27H,3,5,8-9,14-16,18H2,1-2H3. The van der Waals surface area contributed by atoms with Crippen molar-refractivity contribution in [3.8, 4) is 5.75 Å². The molecule has 1 heterocycles. The van der Waals surface area contributed by atoms with Crippen LogP contribution in [0, 0.1) is 5.82 Å². The molecule has 1 aliphatic rings. The van der Waals surface area contributed by atoms with Crippen molar-refractivity contribution in [2.75, 3.05) is 26.7 Å². The van der Waals surface area contributed by atoms with E-state index in [9.17, 15) is 9.50 Å². The Hall–Kier alpha value is -1.91. The van der Waals surface area contributed by atoms with Crippen molar-refractivity contribution >= 4 is 0 Å². The van der Waals surface area contributed by atoms with Crippen LogP contribution in [0.3, 0.4) is 0 Å². The molecule has 2 aromatic carbocycles. The molecule has 1 fully saturated rings. The first-order valence-corrected chi connectivity index (χ1v) is 10.4. The van der Waals surface area contributed by atoms with Crippen LogP contribution < -0.4 is 4.74 Å². The maximum absolute atomic E-state index is 14.5. The molecule has 1 saturated heterocycles. The highest BCUT2D eigenvalue weighted by Crippen LogP contribution is 2.42. The van der Waals surface area contributed by atoms with E-state index in [0.717, 1.165) is 31.6 Å². The predicted molar refractivity (Wildman–Crippen MR) is 111 cm³/mol. The van der Waals surface area contributed by atoms with Crippen molar-refractivity contribution < 1.29 is 14.2 Å². The zero-order valence-corrected chi connectivity index (χ0v) is 17.0. The first-order valence-electron chi connectivity index (χ1n) is 10.4. The Morgan fingerprint density at radius 2 is 1.82 bits per heavy atom. The van der Waals surface area contributed by atoms with Gasteiger partial charge in [-0.2, -0.15) is 0 Å².